The van der Waals surface area contributed by atoms with Crippen molar-refractivity contribution >= 4 is 15.9 Å². The summed E-state index contributed by atoms with van der Waals surface area (Å²) in [5.74, 6) is 0.713. The van der Waals surface area contributed by atoms with E-state index < -0.39 is 10.0 Å². The van der Waals surface area contributed by atoms with Crippen LogP contribution in [0.2, 0.25) is 0 Å². The minimum Gasteiger partial charge on any atom is -0.497 e. The van der Waals surface area contributed by atoms with Crippen LogP contribution in [0.5, 0.6) is 5.75 Å². The molecule has 1 aliphatic carbocycles. The molecule has 7 nitrogen and oxygen atoms in total. The topological polar surface area (TPSA) is 79.0 Å². The number of fused-ring (bicyclic) bond motifs is 1. The highest BCUT2D eigenvalue weighted by atomic mass is 32.2. The molecule has 1 N–H and O–H groups in total. The van der Waals surface area contributed by atoms with Crippen LogP contribution in [0.3, 0.4) is 0 Å². The predicted molar refractivity (Wildman–Crippen MR) is 162 cm³/mol. The van der Waals surface area contributed by atoms with Crippen molar-refractivity contribution in [3.63, 3.8) is 0 Å². The fraction of sp³-hybridized carbons (Fsp3) is 0.424. The van der Waals surface area contributed by atoms with E-state index in [9.17, 15) is 13.2 Å². The number of rotatable bonds is 11. The fourth-order valence-corrected chi connectivity index (χ4v) is 7.70. The molecule has 1 heterocycles. The van der Waals surface area contributed by atoms with E-state index in [1.807, 2.05) is 30.3 Å². The maximum Gasteiger partial charge on any atom is 0.242 e. The summed E-state index contributed by atoms with van der Waals surface area (Å²) in [6, 6.07) is 25.2. The number of piperidine rings is 1. The number of benzene rings is 3. The lowest BCUT2D eigenvalue weighted by Gasteiger charge is -2.38. The van der Waals surface area contributed by atoms with E-state index in [0.717, 1.165) is 57.3 Å². The molecule has 41 heavy (non-hydrogen) atoms. The molecule has 2 aliphatic rings. The van der Waals surface area contributed by atoms with Crippen LogP contribution in [-0.4, -0.2) is 69.9 Å². The Morgan fingerprint density at radius 2 is 1.68 bits per heavy atom. The Labute approximate surface area is 244 Å². The number of aryl methyl sites for hydroxylation is 1. The minimum atomic E-state index is -3.65. The maximum atomic E-state index is 13.6. The monoisotopic (exact) mass is 575 g/mol. The number of hydrogen-bond acceptors (Lipinski definition) is 5. The van der Waals surface area contributed by atoms with Gasteiger partial charge in [0.2, 0.25) is 15.9 Å². The molecule has 0 bridgehead atoms. The number of carbonyl (C=O) groups excluding carboxylic acids is 1. The van der Waals surface area contributed by atoms with Gasteiger partial charge in [-0.25, -0.2) is 12.7 Å². The molecule has 0 saturated carbocycles. The van der Waals surface area contributed by atoms with Crippen LogP contribution in [0.4, 0.5) is 0 Å². The molecule has 1 atom stereocenters. The largest absolute Gasteiger partial charge is 0.497 e. The van der Waals surface area contributed by atoms with Gasteiger partial charge in [-0.2, -0.15) is 0 Å². The summed E-state index contributed by atoms with van der Waals surface area (Å²) in [5, 5.41) is 3.22. The first-order chi connectivity index (χ1) is 19.8. The Bertz CT molecular complexity index is 1420. The van der Waals surface area contributed by atoms with Crippen molar-refractivity contribution in [1.82, 2.24) is 14.5 Å². The molecule has 218 valence electrons. The number of methoxy groups -OCH3 is 1. The average molecular weight is 576 g/mol. The number of carbonyl (C=O) groups is 1. The van der Waals surface area contributed by atoms with Crippen LogP contribution >= 0.6 is 0 Å². The molecular weight excluding hydrogens is 534 g/mol. The van der Waals surface area contributed by atoms with Crippen LogP contribution in [0.1, 0.15) is 42.4 Å². The second-order valence-electron chi connectivity index (χ2n) is 11.5. The van der Waals surface area contributed by atoms with Crippen molar-refractivity contribution in [3.8, 4) is 5.75 Å². The lowest BCUT2D eigenvalue weighted by molar-refractivity contribution is -0.121. The van der Waals surface area contributed by atoms with Gasteiger partial charge in [0, 0.05) is 38.1 Å². The molecule has 8 heteroatoms. The molecule has 1 unspecified atom stereocenters. The first-order valence-corrected chi connectivity index (χ1v) is 16.0. The van der Waals surface area contributed by atoms with E-state index in [4.69, 9.17) is 4.74 Å². The summed E-state index contributed by atoms with van der Waals surface area (Å²) in [7, 11) is -0.382. The summed E-state index contributed by atoms with van der Waals surface area (Å²) in [6.45, 7) is 3.18. The molecule has 3 aromatic carbocycles. The molecule has 1 amide bonds. The lowest BCUT2D eigenvalue weighted by Crippen LogP contribution is -2.47. The SMILES string of the molecule is COc1ccc(S(=O)(=O)N(C)CC2(CCN3CCC(NC(=O)Cc4ccccc4)CC3)CCc3ccccc32)cc1. The molecule has 3 aromatic rings. The van der Waals surface area contributed by atoms with Crippen molar-refractivity contribution in [1.29, 1.82) is 0 Å². The zero-order chi connectivity index (χ0) is 28.9. The number of amides is 1. The molecule has 0 spiro atoms. The molecule has 1 saturated heterocycles. The van der Waals surface area contributed by atoms with Crippen molar-refractivity contribution in [3.05, 3.63) is 95.6 Å². The third-order valence-corrected chi connectivity index (χ3v) is 10.6. The predicted octanol–water partition coefficient (Wildman–Crippen LogP) is 4.41. The number of nitrogens with zero attached hydrogens (tertiary/aromatic N) is 2. The third-order valence-electron chi connectivity index (χ3n) is 8.82. The number of hydrogen-bond donors (Lipinski definition) is 1. The highest BCUT2D eigenvalue weighted by Crippen LogP contribution is 2.43. The smallest absolute Gasteiger partial charge is 0.242 e. The molecule has 0 aromatic heterocycles. The van der Waals surface area contributed by atoms with Gasteiger partial charge >= 0.3 is 0 Å². The van der Waals surface area contributed by atoms with E-state index in [1.54, 1.807) is 38.4 Å². The summed E-state index contributed by atoms with van der Waals surface area (Å²) >= 11 is 0. The molecule has 0 radical (unpaired) electrons. The highest BCUT2D eigenvalue weighted by molar-refractivity contribution is 7.89. The quantitative estimate of drug-likeness (QED) is 0.367. The maximum absolute atomic E-state index is 13.6. The van der Waals surface area contributed by atoms with Crippen molar-refractivity contribution in [2.45, 2.75) is 54.9 Å². The van der Waals surface area contributed by atoms with E-state index in [2.05, 4.69) is 34.5 Å². The first kappa shape index (κ1) is 29.3. The van der Waals surface area contributed by atoms with Gasteiger partial charge in [0.15, 0.2) is 0 Å². The summed E-state index contributed by atoms with van der Waals surface area (Å²) in [6.07, 6.45) is 5.04. The Kier molecular flexibility index (Phi) is 9.12. The number of nitrogens with one attached hydrogen (secondary N) is 1. The lowest BCUT2D eigenvalue weighted by atomic mass is 9.78. The van der Waals surface area contributed by atoms with Gasteiger partial charge in [0.05, 0.1) is 18.4 Å². The van der Waals surface area contributed by atoms with Gasteiger partial charge < -0.3 is 15.0 Å². The van der Waals surface area contributed by atoms with Gasteiger partial charge in [-0.15, -0.1) is 0 Å². The van der Waals surface area contributed by atoms with Gasteiger partial charge in [-0.3, -0.25) is 4.79 Å². The molecule has 1 fully saturated rings. The van der Waals surface area contributed by atoms with Gasteiger partial charge in [-0.1, -0.05) is 54.6 Å². The number of likely N-dealkylation sites (N-methyl/N-ethyl adjacent to an activating group) is 1. The summed E-state index contributed by atoms with van der Waals surface area (Å²) in [5.41, 5.74) is 3.39. The second kappa shape index (κ2) is 12.8. The van der Waals surface area contributed by atoms with Crippen molar-refractivity contribution < 1.29 is 17.9 Å². The number of ether oxygens (including phenoxy) is 1. The molecule has 5 rings (SSSR count). The van der Waals surface area contributed by atoms with E-state index >= 15 is 0 Å². The number of likely N-dealkylation sites (tertiary alicyclic amines) is 1. The fourth-order valence-electron chi connectivity index (χ4n) is 6.44. The first-order valence-electron chi connectivity index (χ1n) is 14.5. The Morgan fingerprint density at radius 3 is 2.39 bits per heavy atom. The Morgan fingerprint density at radius 1 is 1.00 bits per heavy atom. The van der Waals surface area contributed by atoms with Crippen LogP contribution in [-0.2, 0) is 33.1 Å². The van der Waals surface area contributed by atoms with Gasteiger partial charge in [0.25, 0.3) is 0 Å². The standard InChI is InChI=1S/C33H41N3O4S/c1-35(41(38,39)30-14-12-29(40-2)13-15-30)25-33(19-16-27-10-6-7-11-31(27)33)20-23-36-21-17-28(18-22-36)34-32(37)24-26-8-4-3-5-9-26/h3-15,28H,16-25H2,1-2H3,(H,34,37). The van der Waals surface area contributed by atoms with Gasteiger partial charge in [-0.05, 0) is 79.6 Å². The number of sulfonamides is 1. The third kappa shape index (κ3) is 6.83. The Hall–Kier alpha value is -3.20. The Balaban J connectivity index is 1.22. The van der Waals surface area contributed by atoms with Crippen molar-refractivity contribution in [2.24, 2.45) is 0 Å². The van der Waals surface area contributed by atoms with Crippen LogP contribution in [0, 0.1) is 0 Å². The van der Waals surface area contributed by atoms with Gasteiger partial charge in [0.1, 0.15) is 5.75 Å². The van der Waals surface area contributed by atoms with Crippen molar-refractivity contribution in [2.75, 3.05) is 40.3 Å². The van der Waals surface area contributed by atoms with E-state index in [0.29, 0.717) is 18.7 Å². The average Bonchev–Trinajstić information content (AvgIpc) is 3.35. The zero-order valence-electron chi connectivity index (χ0n) is 24.1. The summed E-state index contributed by atoms with van der Waals surface area (Å²) in [4.78, 5) is 15.3. The van der Waals surface area contributed by atoms with Crippen LogP contribution in [0.25, 0.3) is 0 Å². The molecule has 1 aliphatic heterocycles. The van der Waals surface area contributed by atoms with Crippen LogP contribution in [0.15, 0.2) is 83.8 Å². The molecular formula is C33H41N3O4S. The normalized spacial score (nSPS) is 19.7. The zero-order valence-corrected chi connectivity index (χ0v) is 24.9. The van der Waals surface area contributed by atoms with E-state index in [1.165, 1.54) is 15.4 Å². The minimum absolute atomic E-state index is 0.0808. The van der Waals surface area contributed by atoms with E-state index in [-0.39, 0.29) is 22.3 Å². The van der Waals surface area contributed by atoms with Crippen LogP contribution < -0.4 is 10.1 Å². The summed E-state index contributed by atoms with van der Waals surface area (Å²) < 4.78 is 33.9. The second-order valence-corrected chi connectivity index (χ2v) is 13.5. The highest BCUT2D eigenvalue weighted by Gasteiger charge is 2.41.